The molecule has 1 atom stereocenters. The number of anilines is 1. The van der Waals surface area contributed by atoms with E-state index in [1.54, 1.807) is 30.3 Å². The molecule has 0 bridgehead atoms. The first-order valence-corrected chi connectivity index (χ1v) is 8.40. The van der Waals surface area contributed by atoms with Gasteiger partial charge in [-0.15, -0.1) is 0 Å². The zero-order chi connectivity index (χ0) is 17.1. The number of amides is 2. The summed E-state index contributed by atoms with van der Waals surface area (Å²) in [4.78, 5) is 26.3. The maximum Gasteiger partial charge on any atom is 0.243 e. The first kappa shape index (κ1) is 16.8. The van der Waals surface area contributed by atoms with Crippen molar-refractivity contribution in [3.63, 3.8) is 0 Å². The third kappa shape index (κ3) is 3.55. The molecule has 1 aliphatic heterocycles. The quantitative estimate of drug-likeness (QED) is 0.898. The van der Waals surface area contributed by atoms with Gasteiger partial charge in [-0.2, -0.15) is 0 Å². The number of nitrogens with zero attached hydrogens (tertiary/aromatic N) is 1. The molecular weight excluding hydrogens is 347 g/mol. The molecular formula is C18H16Cl2N2O2. The molecule has 6 heteroatoms. The van der Waals surface area contributed by atoms with Gasteiger partial charge in [-0.25, -0.2) is 0 Å². The Bertz CT molecular complexity index is 762. The smallest absolute Gasteiger partial charge is 0.243 e. The van der Waals surface area contributed by atoms with Crippen LogP contribution in [-0.2, 0) is 16.1 Å². The van der Waals surface area contributed by atoms with E-state index in [1.807, 2.05) is 18.2 Å². The maximum absolute atomic E-state index is 12.6. The van der Waals surface area contributed by atoms with Crippen molar-refractivity contribution in [1.82, 2.24) is 5.32 Å². The Morgan fingerprint density at radius 1 is 1.12 bits per heavy atom. The van der Waals surface area contributed by atoms with Crippen LogP contribution in [0.4, 0.5) is 5.69 Å². The second-order valence-electron chi connectivity index (χ2n) is 5.60. The molecule has 2 aromatic carbocycles. The van der Waals surface area contributed by atoms with Crippen LogP contribution in [0.3, 0.4) is 0 Å². The van der Waals surface area contributed by atoms with E-state index in [0.29, 0.717) is 35.1 Å². The van der Waals surface area contributed by atoms with Crippen LogP contribution in [0.1, 0.15) is 18.4 Å². The van der Waals surface area contributed by atoms with E-state index in [-0.39, 0.29) is 11.8 Å². The molecule has 4 nitrogen and oxygen atoms in total. The van der Waals surface area contributed by atoms with Crippen LogP contribution in [0.2, 0.25) is 10.0 Å². The zero-order valence-corrected chi connectivity index (χ0v) is 14.3. The third-order valence-electron chi connectivity index (χ3n) is 4.03. The van der Waals surface area contributed by atoms with Crippen molar-refractivity contribution >= 4 is 40.7 Å². The van der Waals surface area contributed by atoms with Crippen LogP contribution in [0, 0.1) is 0 Å². The molecule has 3 rings (SSSR count). The van der Waals surface area contributed by atoms with Gasteiger partial charge in [0.25, 0.3) is 0 Å². The van der Waals surface area contributed by atoms with E-state index < -0.39 is 6.04 Å². The second-order valence-corrected chi connectivity index (χ2v) is 6.45. The summed E-state index contributed by atoms with van der Waals surface area (Å²) in [5.74, 6) is -0.245. The highest BCUT2D eigenvalue weighted by Gasteiger charge is 2.36. The fourth-order valence-corrected chi connectivity index (χ4v) is 3.13. The molecule has 1 fully saturated rings. The number of rotatable bonds is 4. The van der Waals surface area contributed by atoms with Gasteiger partial charge in [0.2, 0.25) is 11.8 Å². The lowest BCUT2D eigenvalue weighted by atomic mass is 10.1. The predicted molar refractivity (Wildman–Crippen MR) is 95.3 cm³/mol. The summed E-state index contributed by atoms with van der Waals surface area (Å²) in [6.07, 6.45) is 0.850. The van der Waals surface area contributed by atoms with Crippen molar-refractivity contribution in [2.75, 3.05) is 4.90 Å². The number of carbonyl (C=O) groups excluding carboxylic acids is 2. The summed E-state index contributed by atoms with van der Waals surface area (Å²) in [6.45, 7) is 0.331. The lowest BCUT2D eigenvalue weighted by Crippen LogP contribution is -2.44. The van der Waals surface area contributed by atoms with Gasteiger partial charge in [-0.3, -0.25) is 14.5 Å². The standard InChI is InChI=1S/C18H16Cl2N2O2/c19-13-5-7-14(8-6-13)22-16(9-10-17(22)23)18(24)21-11-12-3-1-2-4-15(12)20/h1-8,16H,9-11H2,(H,21,24). The van der Waals surface area contributed by atoms with Gasteiger partial charge in [0, 0.05) is 28.7 Å². The molecule has 2 aromatic rings. The molecule has 0 saturated carbocycles. The fourth-order valence-electron chi connectivity index (χ4n) is 2.80. The Kier molecular flexibility index (Phi) is 5.07. The van der Waals surface area contributed by atoms with Crippen molar-refractivity contribution in [3.8, 4) is 0 Å². The molecule has 24 heavy (non-hydrogen) atoms. The predicted octanol–water partition coefficient (Wildman–Crippen LogP) is 3.81. The maximum atomic E-state index is 12.6. The summed E-state index contributed by atoms with van der Waals surface area (Å²) in [7, 11) is 0. The van der Waals surface area contributed by atoms with Crippen molar-refractivity contribution in [2.45, 2.75) is 25.4 Å². The number of halogens is 2. The van der Waals surface area contributed by atoms with Gasteiger partial charge >= 0.3 is 0 Å². The highest BCUT2D eigenvalue weighted by molar-refractivity contribution is 6.31. The van der Waals surface area contributed by atoms with Crippen LogP contribution in [-0.4, -0.2) is 17.9 Å². The minimum Gasteiger partial charge on any atom is -0.350 e. The van der Waals surface area contributed by atoms with E-state index >= 15 is 0 Å². The molecule has 1 N–H and O–H groups in total. The van der Waals surface area contributed by atoms with Gasteiger partial charge in [0.1, 0.15) is 6.04 Å². The highest BCUT2D eigenvalue weighted by atomic mass is 35.5. The molecule has 0 radical (unpaired) electrons. The lowest BCUT2D eigenvalue weighted by molar-refractivity contribution is -0.124. The molecule has 2 amide bonds. The van der Waals surface area contributed by atoms with E-state index in [2.05, 4.69) is 5.32 Å². The van der Waals surface area contributed by atoms with Gasteiger partial charge in [-0.1, -0.05) is 41.4 Å². The van der Waals surface area contributed by atoms with Crippen LogP contribution in [0.25, 0.3) is 0 Å². The minimum absolute atomic E-state index is 0.0600. The summed E-state index contributed by atoms with van der Waals surface area (Å²) < 4.78 is 0. The average molecular weight is 363 g/mol. The summed E-state index contributed by atoms with van der Waals surface area (Å²) in [6, 6.07) is 13.8. The third-order valence-corrected chi connectivity index (χ3v) is 4.65. The van der Waals surface area contributed by atoms with Gasteiger partial charge < -0.3 is 5.32 Å². The van der Waals surface area contributed by atoms with Crippen LogP contribution in [0.5, 0.6) is 0 Å². The molecule has 0 aromatic heterocycles. The van der Waals surface area contributed by atoms with Crippen molar-refractivity contribution in [1.29, 1.82) is 0 Å². The average Bonchev–Trinajstić information content (AvgIpc) is 2.96. The molecule has 0 spiro atoms. The Labute approximate surface area is 150 Å². The fraction of sp³-hybridized carbons (Fsp3) is 0.222. The van der Waals surface area contributed by atoms with Crippen LogP contribution >= 0.6 is 23.2 Å². The molecule has 0 aliphatic carbocycles. The number of benzene rings is 2. The largest absolute Gasteiger partial charge is 0.350 e. The Morgan fingerprint density at radius 3 is 2.54 bits per heavy atom. The van der Waals surface area contributed by atoms with Crippen molar-refractivity contribution in [2.24, 2.45) is 0 Å². The van der Waals surface area contributed by atoms with Crippen molar-refractivity contribution < 1.29 is 9.59 Å². The lowest BCUT2D eigenvalue weighted by Gasteiger charge is -2.24. The number of hydrogen-bond acceptors (Lipinski definition) is 2. The normalized spacial score (nSPS) is 17.2. The summed E-state index contributed by atoms with van der Waals surface area (Å²) in [5, 5.41) is 4.06. The minimum atomic E-state index is -0.513. The van der Waals surface area contributed by atoms with Gasteiger partial charge in [-0.05, 0) is 42.3 Å². The molecule has 124 valence electrons. The topological polar surface area (TPSA) is 49.4 Å². The summed E-state index contributed by atoms with van der Waals surface area (Å²) >= 11 is 12.0. The Morgan fingerprint density at radius 2 is 1.83 bits per heavy atom. The van der Waals surface area contributed by atoms with Gasteiger partial charge in [0.05, 0.1) is 0 Å². The van der Waals surface area contributed by atoms with E-state index in [9.17, 15) is 9.59 Å². The van der Waals surface area contributed by atoms with Crippen LogP contribution < -0.4 is 10.2 Å². The molecule has 1 aliphatic rings. The second kappa shape index (κ2) is 7.24. The molecule has 1 heterocycles. The first-order valence-electron chi connectivity index (χ1n) is 7.65. The number of carbonyl (C=O) groups is 2. The Hall–Kier alpha value is -2.04. The summed E-state index contributed by atoms with van der Waals surface area (Å²) in [5.41, 5.74) is 1.52. The Balaban J connectivity index is 1.72. The first-order chi connectivity index (χ1) is 11.6. The number of nitrogens with one attached hydrogen (secondary N) is 1. The number of hydrogen-bond donors (Lipinski definition) is 1. The SMILES string of the molecule is O=C(NCc1ccccc1Cl)C1CCC(=O)N1c1ccc(Cl)cc1. The highest BCUT2D eigenvalue weighted by Crippen LogP contribution is 2.28. The van der Waals surface area contributed by atoms with E-state index in [0.717, 1.165) is 5.56 Å². The monoisotopic (exact) mass is 362 g/mol. The van der Waals surface area contributed by atoms with Crippen LogP contribution in [0.15, 0.2) is 48.5 Å². The molecule has 1 unspecified atom stereocenters. The zero-order valence-electron chi connectivity index (χ0n) is 12.8. The van der Waals surface area contributed by atoms with E-state index in [4.69, 9.17) is 23.2 Å². The van der Waals surface area contributed by atoms with Crippen molar-refractivity contribution in [3.05, 3.63) is 64.1 Å². The molecule has 1 saturated heterocycles. The van der Waals surface area contributed by atoms with Gasteiger partial charge in [0.15, 0.2) is 0 Å². The van der Waals surface area contributed by atoms with E-state index in [1.165, 1.54) is 4.90 Å².